The molecule has 0 saturated heterocycles. The lowest BCUT2D eigenvalue weighted by Crippen LogP contribution is -2.22. The lowest BCUT2D eigenvalue weighted by Gasteiger charge is -2.29. The van der Waals surface area contributed by atoms with Crippen LogP contribution in [0.2, 0.25) is 0 Å². The van der Waals surface area contributed by atoms with E-state index in [4.69, 9.17) is 0 Å². The van der Waals surface area contributed by atoms with Gasteiger partial charge in [-0.2, -0.15) is 0 Å². The predicted octanol–water partition coefficient (Wildman–Crippen LogP) is 5.33. The summed E-state index contributed by atoms with van der Waals surface area (Å²) >= 11 is 15.7. The molecule has 0 aromatic rings. The maximum Gasteiger partial charge on any atom is 0.0935 e. The minimum Gasteiger partial charge on any atom is -0.0879 e. The van der Waals surface area contributed by atoms with Crippen molar-refractivity contribution in [2.24, 2.45) is 22.7 Å². The van der Waals surface area contributed by atoms with E-state index >= 15 is 0 Å². The number of halogens is 4. The summed E-state index contributed by atoms with van der Waals surface area (Å²) in [6, 6.07) is 0. The molecule has 0 bridgehead atoms. The van der Waals surface area contributed by atoms with Crippen molar-refractivity contribution in [1.29, 1.82) is 0 Å². The van der Waals surface area contributed by atoms with Crippen molar-refractivity contribution in [2.45, 2.75) is 32.2 Å². The van der Waals surface area contributed by atoms with E-state index in [1.54, 1.807) is 0 Å². The van der Waals surface area contributed by atoms with Gasteiger partial charge in [-0.05, 0) is 37.5 Å². The zero-order valence-electron chi connectivity index (χ0n) is 8.65. The molecule has 3 saturated carbocycles. The van der Waals surface area contributed by atoms with Gasteiger partial charge in [-0.15, -0.1) is 0 Å². The Kier molecular flexibility index (Phi) is 2.07. The molecule has 0 aromatic carbocycles. The fourth-order valence-electron chi connectivity index (χ4n) is 4.54. The smallest absolute Gasteiger partial charge is 0.0879 e. The Morgan fingerprint density at radius 2 is 1.25 bits per heavy atom. The number of alkyl halides is 4. The van der Waals surface area contributed by atoms with Crippen LogP contribution in [0.1, 0.15) is 25.7 Å². The summed E-state index contributed by atoms with van der Waals surface area (Å²) in [4.78, 5) is 0. The van der Waals surface area contributed by atoms with Crippen LogP contribution in [-0.4, -0.2) is 6.47 Å². The van der Waals surface area contributed by atoms with E-state index in [-0.39, 0.29) is 6.47 Å². The molecule has 0 amide bonds. The predicted molar refractivity (Wildman–Crippen MR) is 80.6 cm³/mol. The highest BCUT2D eigenvalue weighted by Gasteiger charge is 2.90. The molecular weight excluding hydrogens is 464 g/mol. The summed E-state index contributed by atoms with van der Waals surface area (Å²) in [5.74, 6) is 1.65. The molecule has 88 valence electrons. The highest BCUT2D eigenvalue weighted by Crippen LogP contribution is 2.93. The van der Waals surface area contributed by atoms with Gasteiger partial charge in [-0.3, -0.25) is 0 Å². The normalized spacial score (nSPS) is 58.2. The Hall–Kier alpha value is 1.66. The van der Waals surface area contributed by atoms with Gasteiger partial charge in [0.15, 0.2) is 0 Å². The van der Waals surface area contributed by atoms with E-state index in [1.165, 1.54) is 25.7 Å². The molecule has 4 aliphatic rings. The van der Waals surface area contributed by atoms with Gasteiger partial charge in [-0.25, -0.2) is 0 Å². The number of allylic oxidation sites excluding steroid dienone is 2. The summed E-state index contributed by atoms with van der Waals surface area (Å²) in [6.45, 7) is 0. The standard InChI is InChI=1S/C12H12Br4/c13-11(14)7-5-9-3-1-2-4-10(9,6-8(7)11)12(9,15)16/h1-2,7-8H,3-6H2/t7-,8+,9?,10?. The lowest BCUT2D eigenvalue weighted by atomic mass is 9.73. The summed E-state index contributed by atoms with van der Waals surface area (Å²) in [6.07, 6.45) is 9.93. The van der Waals surface area contributed by atoms with Crippen LogP contribution >= 0.6 is 63.7 Å². The van der Waals surface area contributed by atoms with Crippen LogP contribution in [0.15, 0.2) is 12.2 Å². The Labute approximate surface area is 130 Å². The topological polar surface area (TPSA) is 0 Å². The zero-order valence-corrected chi connectivity index (χ0v) is 15.0. The number of rotatable bonds is 0. The number of hydrogen-bond acceptors (Lipinski definition) is 0. The van der Waals surface area contributed by atoms with E-state index in [2.05, 4.69) is 75.9 Å². The summed E-state index contributed by atoms with van der Waals surface area (Å²) in [5.41, 5.74) is 0.943. The number of fused-ring (bicyclic) bond motifs is 1. The van der Waals surface area contributed by atoms with E-state index in [0.29, 0.717) is 10.8 Å². The van der Waals surface area contributed by atoms with E-state index in [0.717, 1.165) is 11.8 Å². The molecule has 0 heterocycles. The van der Waals surface area contributed by atoms with Crippen LogP contribution in [0, 0.1) is 22.7 Å². The fourth-order valence-corrected chi connectivity index (χ4v) is 8.81. The van der Waals surface area contributed by atoms with Gasteiger partial charge in [0, 0.05) is 10.8 Å². The van der Waals surface area contributed by atoms with Gasteiger partial charge >= 0.3 is 0 Å². The second-order valence-electron chi connectivity index (χ2n) is 5.91. The SMILES string of the molecule is BrC1(Br)[C@@H]2CC34CC=CCC3(C[C@@H]21)C4(Br)Br. The molecule has 0 aliphatic heterocycles. The highest BCUT2D eigenvalue weighted by molar-refractivity contribution is 9.26. The largest absolute Gasteiger partial charge is 0.0935 e. The third kappa shape index (κ3) is 0.946. The van der Waals surface area contributed by atoms with Crippen LogP contribution < -0.4 is 0 Å². The Balaban J connectivity index is 1.78. The molecule has 4 rings (SSSR count). The first-order valence-electron chi connectivity index (χ1n) is 5.80. The molecule has 0 nitrogen and oxygen atoms in total. The molecule has 4 heteroatoms. The third-order valence-electron chi connectivity index (χ3n) is 5.66. The van der Waals surface area contributed by atoms with Gasteiger partial charge in [-0.1, -0.05) is 75.9 Å². The van der Waals surface area contributed by atoms with Crippen molar-refractivity contribution in [2.75, 3.05) is 0 Å². The van der Waals surface area contributed by atoms with Crippen molar-refractivity contribution in [1.82, 2.24) is 0 Å². The summed E-state index contributed by atoms with van der Waals surface area (Å²) in [7, 11) is 0. The minimum absolute atomic E-state index is 0.201. The molecule has 0 spiro atoms. The van der Waals surface area contributed by atoms with E-state index in [1.807, 2.05) is 0 Å². The number of hydrogen-bond donors (Lipinski definition) is 0. The first kappa shape index (κ1) is 11.5. The molecular formula is C12H12Br4. The second kappa shape index (κ2) is 2.88. The van der Waals surface area contributed by atoms with Crippen molar-refractivity contribution in [3.8, 4) is 0 Å². The van der Waals surface area contributed by atoms with Crippen LogP contribution in [-0.2, 0) is 0 Å². The Bertz CT molecular complexity index is 379. The first-order valence-corrected chi connectivity index (χ1v) is 8.97. The molecule has 16 heavy (non-hydrogen) atoms. The van der Waals surface area contributed by atoms with Crippen LogP contribution in [0.3, 0.4) is 0 Å². The maximum absolute atomic E-state index is 3.99. The van der Waals surface area contributed by atoms with Gasteiger partial charge in [0.1, 0.15) is 0 Å². The van der Waals surface area contributed by atoms with Crippen molar-refractivity contribution in [3.63, 3.8) is 0 Å². The maximum atomic E-state index is 3.99. The average Bonchev–Trinajstić information content (AvgIpc) is 2.93. The minimum atomic E-state index is 0.201. The fraction of sp³-hybridized carbons (Fsp3) is 0.833. The highest BCUT2D eigenvalue weighted by atomic mass is 79.9. The second-order valence-corrected chi connectivity index (χ2v) is 13.0. The van der Waals surface area contributed by atoms with Gasteiger partial charge in [0.05, 0.1) is 6.47 Å². The Morgan fingerprint density at radius 1 is 0.812 bits per heavy atom. The third-order valence-corrected chi connectivity index (χ3v) is 11.0. The van der Waals surface area contributed by atoms with E-state index < -0.39 is 0 Å². The van der Waals surface area contributed by atoms with Crippen LogP contribution in [0.4, 0.5) is 0 Å². The first-order chi connectivity index (χ1) is 7.39. The average molecular weight is 476 g/mol. The summed E-state index contributed by atoms with van der Waals surface area (Å²) < 4.78 is 0.459. The molecule has 3 fully saturated rings. The molecule has 0 radical (unpaired) electrons. The van der Waals surface area contributed by atoms with Crippen molar-refractivity contribution in [3.05, 3.63) is 12.2 Å². The lowest BCUT2D eigenvalue weighted by molar-refractivity contribution is 0.221. The van der Waals surface area contributed by atoms with E-state index in [9.17, 15) is 0 Å². The summed E-state index contributed by atoms with van der Waals surface area (Å²) in [5, 5.41) is 0. The molecule has 4 atom stereocenters. The van der Waals surface area contributed by atoms with Crippen LogP contribution in [0.25, 0.3) is 0 Å². The molecule has 4 aliphatic carbocycles. The Morgan fingerprint density at radius 3 is 1.69 bits per heavy atom. The molecule has 0 aromatic heterocycles. The monoisotopic (exact) mass is 472 g/mol. The van der Waals surface area contributed by atoms with Gasteiger partial charge in [0.2, 0.25) is 0 Å². The zero-order chi connectivity index (χ0) is 11.4. The quantitative estimate of drug-likeness (QED) is 0.328. The van der Waals surface area contributed by atoms with Gasteiger partial charge in [0.25, 0.3) is 0 Å². The van der Waals surface area contributed by atoms with Gasteiger partial charge < -0.3 is 0 Å². The molecule has 0 N–H and O–H groups in total. The van der Waals surface area contributed by atoms with Crippen molar-refractivity contribution >= 4 is 63.7 Å². The van der Waals surface area contributed by atoms with Crippen molar-refractivity contribution < 1.29 is 0 Å². The van der Waals surface area contributed by atoms with Crippen LogP contribution in [0.5, 0.6) is 0 Å². The molecule has 2 unspecified atom stereocenters.